The van der Waals surface area contributed by atoms with Crippen LogP contribution in [0.4, 0.5) is 11.4 Å². The molecule has 2 atom stereocenters. The second-order valence-electron chi connectivity index (χ2n) is 16.9. The van der Waals surface area contributed by atoms with E-state index in [4.69, 9.17) is 9.47 Å². The number of carbonyl (C=O) groups is 2. The van der Waals surface area contributed by atoms with Gasteiger partial charge >= 0.3 is 0 Å². The molecular formula is C50H50N6O14S4. The summed E-state index contributed by atoms with van der Waals surface area (Å²) in [4.78, 5) is 25.4. The molecule has 0 aliphatic carbocycles. The maximum Gasteiger partial charge on any atom is 0.295 e. The number of nitrogens with one attached hydrogen (secondary N) is 4. The smallest absolute Gasteiger partial charge is 0.295 e. The average molecular weight is 1090 g/mol. The Labute approximate surface area is 428 Å². The van der Waals surface area contributed by atoms with Crippen molar-refractivity contribution in [3.63, 3.8) is 0 Å². The maximum absolute atomic E-state index is 14.3. The summed E-state index contributed by atoms with van der Waals surface area (Å²) in [5.41, 5.74) is 0.609. The highest BCUT2D eigenvalue weighted by Crippen LogP contribution is 2.36. The first-order valence-corrected chi connectivity index (χ1v) is 28.4. The summed E-state index contributed by atoms with van der Waals surface area (Å²) in [5.74, 6) is -1.73. The molecule has 2 heterocycles. The van der Waals surface area contributed by atoms with Crippen LogP contribution in [0.3, 0.4) is 0 Å². The monoisotopic (exact) mass is 1090 g/mol. The van der Waals surface area contributed by atoms with Crippen molar-refractivity contribution in [2.75, 3.05) is 64.1 Å². The predicted octanol–water partition coefficient (Wildman–Crippen LogP) is 5.54. The third-order valence-corrected chi connectivity index (χ3v) is 18.0. The molecule has 6 aromatic rings. The number of anilines is 2. The van der Waals surface area contributed by atoms with Crippen LogP contribution >= 0.6 is 0 Å². The van der Waals surface area contributed by atoms with E-state index in [2.05, 4.69) is 21.3 Å². The lowest BCUT2D eigenvalue weighted by atomic mass is 10.1. The third kappa shape index (κ3) is 11.6. The number of nitrogens with zero attached hydrogens (tertiary/aromatic N) is 2. The number of hydrogen-bond donors (Lipinski definition) is 6. The minimum Gasteiger partial charge on any atom is -0.495 e. The molecule has 0 aromatic heterocycles. The first-order valence-electron chi connectivity index (χ1n) is 22.7. The quantitative estimate of drug-likeness (QED) is 0.0512. The molecule has 388 valence electrons. The molecule has 20 nitrogen and oxygen atoms in total. The Balaban J connectivity index is 1.02. The molecule has 0 radical (unpaired) electrons. The zero-order valence-corrected chi connectivity index (χ0v) is 42.8. The molecule has 6 N–H and O–H groups in total. The van der Waals surface area contributed by atoms with Gasteiger partial charge in [0.05, 0.1) is 26.3 Å². The lowest BCUT2D eigenvalue weighted by Crippen LogP contribution is -2.48. The number of rotatable bonds is 16. The van der Waals surface area contributed by atoms with Crippen molar-refractivity contribution in [3.8, 4) is 11.5 Å². The highest BCUT2D eigenvalue weighted by molar-refractivity contribution is 7.89. The van der Waals surface area contributed by atoms with Gasteiger partial charge in [0.2, 0.25) is 20.0 Å². The molecule has 2 aliphatic rings. The second kappa shape index (κ2) is 21.9. The first-order chi connectivity index (χ1) is 35.2. The van der Waals surface area contributed by atoms with Crippen molar-refractivity contribution in [3.05, 3.63) is 167 Å². The number of benzene rings is 6. The molecule has 2 unspecified atom stereocenters. The Hall–Kier alpha value is -6.84. The Bertz CT molecular complexity index is 3370. The molecule has 0 saturated carbocycles. The van der Waals surface area contributed by atoms with Crippen molar-refractivity contribution < 1.29 is 61.8 Å². The van der Waals surface area contributed by atoms with E-state index in [0.29, 0.717) is 26.2 Å². The summed E-state index contributed by atoms with van der Waals surface area (Å²) < 4.78 is 142. The van der Waals surface area contributed by atoms with Crippen LogP contribution in [0.25, 0.3) is 12.2 Å². The van der Waals surface area contributed by atoms with E-state index in [-0.39, 0.29) is 68.0 Å². The molecule has 6 aromatic carbocycles. The van der Waals surface area contributed by atoms with Crippen LogP contribution in [0.5, 0.6) is 11.5 Å². The Kier molecular flexibility index (Phi) is 15.8. The van der Waals surface area contributed by atoms with Gasteiger partial charge in [0.25, 0.3) is 32.1 Å². The minimum atomic E-state index is -5.04. The van der Waals surface area contributed by atoms with Crippen LogP contribution < -0.4 is 30.7 Å². The molecule has 0 bridgehead atoms. The third-order valence-electron chi connectivity index (χ3n) is 12.3. The molecule has 8 rings (SSSR count). The molecule has 24 heteroatoms. The van der Waals surface area contributed by atoms with E-state index in [1.165, 1.54) is 71.4 Å². The standard InChI is InChI=1S/C50H50N6O14S4/c1-69-43-21-17-37(27-47(43)71(59,60)55-25-23-51-31-41(55)33-9-5-3-6-10-33)49(57)53-39-19-15-35(45(29-39)73(63,64)65)13-14-36-16-20-40(30-46(36)74(66,67)68)54-50(58)38-18-22-44(70-2)48(28-38)72(61,62)56-26-24-52-32-42(56)34-11-7-4-8-12-34/h3-22,27-30,41-42,51-52H,23-26,31-32H2,1-2H3,(H,53,57)(H,54,58)(H,63,64,65)(H,66,67,68). The summed E-state index contributed by atoms with van der Waals surface area (Å²) in [5, 5.41) is 11.5. The fourth-order valence-corrected chi connectivity index (χ4v) is 13.7. The van der Waals surface area contributed by atoms with Gasteiger partial charge in [0.15, 0.2) is 0 Å². The van der Waals surface area contributed by atoms with Gasteiger partial charge in [-0.15, -0.1) is 0 Å². The van der Waals surface area contributed by atoms with Gasteiger partial charge in [-0.1, -0.05) is 84.9 Å². The van der Waals surface area contributed by atoms with Crippen LogP contribution in [0.2, 0.25) is 0 Å². The number of sulfonamides is 2. The number of ether oxygens (including phenoxy) is 2. The lowest BCUT2D eigenvalue weighted by molar-refractivity contribution is 0.101. The summed E-state index contributed by atoms with van der Waals surface area (Å²) in [7, 11) is -16.0. The molecule has 2 aliphatic heterocycles. The summed E-state index contributed by atoms with van der Waals surface area (Å²) in [6.45, 7) is 1.67. The first kappa shape index (κ1) is 53.5. The van der Waals surface area contributed by atoms with Crippen LogP contribution in [-0.2, 0) is 40.3 Å². The van der Waals surface area contributed by atoms with Crippen LogP contribution in [0.15, 0.2) is 153 Å². The van der Waals surface area contributed by atoms with Crippen molar-refractivity contribution in [1.82, 2.24) is 19.2 Å². The molecule has 2 fully saturated rings. The minimum absolute atomic E-state index is 0.0190. The largest absolute Gasteiger partial charge is 0.495 e. The van der Waals surface area contributed by atoms with E-state index in [1.807, 2.05) is 36.4 Å². The molecule has 0 spiro atoms. The van der Waals surface area contributed by atoms with Gasteiger partial charge in [-0.25, -0.2) is 16.8 Å². The number of piperazine rings is 2. The highest BCUT2D eigenvalue weighted by Gasteiger charge is 2.38. The zero-order chi connectivity index (χ0) is 53.0. The number of amides is 2. The average Bonchev–Trinajstić information content (AvgIpc) is 3.40. The van der Waals surface area contributed by atoms with Crippen molar-refractivity contribution in [2.24, 2.45) is 0 Å². The van der Waals surface area contributed by atoms with E-state index in [9.17, 15) is 52.4 Å². The van der Waals surface area contributed by atoms with Crippen molar-refractivity contribution in [2.45, 2.75) is 31.7 Å². The summed E-state index contributed by atoms with van der Waals surface area (Å²) >= 11 is 0. The van der Waals surface area contributed by atoms with E-state index < -0.39 is 74.0 Å². The van der Waals surface area contributed by atoms with Crippen LogP contribution in [0.1, 0.15) is 55.1 Å². The zero-order valence-electron chi connectivity index (χ0n) is 39.6. The van der Waals surface area contributed by atoms with E-state index in [1.54, 1.807) is 24.3 Å². The van der Waals surface area contributed by atoms with Crippen LogP contribution in [-0.4, -0.2) is 117 Å². The summed E-state index contributed by atoms with van der Waals surface area (Å²) in [6.07, 6.45) is 2.24. The highest BCUT2D eigenvalue weighted by atomic mass is 32.2. The fourth-order valence-electron chi connectivity index (χ4n) is 8.69. The van der Waals surface area contributed by atoms with E-state index >= 15 is 0 Å². The van der Waals surface area contributed by atoms with Gasteiger partial charge < -0.3 is 30.7 Å². The number of carbonyl (C=O) groups excluding carboxylic acids is 2. The van der Waals surface area contributed by atoms with Gasteiger partial charge in [-0.05, 0) is 82.9 Å². The number of methoxy groups -OCH3 is 2. The Morgan fingerprint density at radius 3 is 1.26 bits per heavy atom. The Morgan fingerprint density at radius 1 is 0.527 bits per heavy atom. The topological polar surface area (TPSA) is 284 Å². The van der Waals surface area contributed by atoms with Crippen molar-refractivity contribution >= 4 is 75.6 Å². The van der Waals surface area contributed by atoms with Crippen molar-refractivity contribution in [1.29, 1.82) is 0 Å². The molecular weight excluding hydrogens is 1040 g/mol. The predicted molar refractivity (Wildman–Crippen MR) is 275 cm³/mol. The maximum atomic E-state index is 14.3. The second-order valence-corrected chi connectivity index (χ2v) is 23.4. The summed E-state index contributed by atoms with van der Waals surface area (Å²) in [6, 6.07) is 31.4. The molecule has 74 heavy (non-hydrogen) atoms. The SMILES string of the molecule is COc1ccc(C(=O)Nc2ccc(C=Cc3ccc(NC(=O)c4ccc(OC)c(S(=O)(=O)N5CCNCC5c5ccccc5)c4)cc3S(=O)(=O)O)c(S(=O)(=O)O)c2)cc1S(=O)(=O)N1CCNCC1c1ccccc1. The van der Waals surface area contributed by atoms with Crippen LogP contribution in [0, 0.1) is 0 Å². The van der Waals surface area contributed by atoms with Gasteiger partial charge in [-0.3, -0.25) is 18.7 Å². The molecule has 2 amide bonds. The lowest BCUT2D eigenvalue weighted by Gasteiger charge is -2.35. The fraction of sp³-hybridized carbons (Fsp3) is 0.200. The van der Waals surface area contributed by atoms with Gasteiger partial charge in [0, 0.05) is 61.8 Å². The normalized spacial score (nSPS) is 17.1. The number of hydrogen-bond acceptors (Lipinski definition) is 14. The Morgan fingerprint density at radius 2 is 0.905 bits per heavy atom. The van der Waals surface area contributed by atoms with Gasteiger partial charge in [0.1, 0.15) is 31.1 Å². The van der Waals surface area contributed by atoms with E-state index in [0.717, 1.165) is 47.5 Å². The van der Waals surface area contributed by atoms with Gasteiger partial charge in [-0.2, -0.15) is 25.4 Å². The molecule has 2 saturated heterocycles.